The van der Waals surface area contributed by atoms with Crippen molar-refractivity contribution in [1.82, 2.24) is 0 Å². The van der Waals surface area contributed by atoms with Gasteiger partial charge < -0.3 is 0 Å². The van der Waals surface area contributed by atoms with Crippen LogP contribution in [0.15, 0.2) is 0 Å². The van der Waals surface area contributed by atoms with Gasteiger partial charge in [-0.25, -0.2) is 0 Å². The molecule has 0 aromatic carbocycles. The first kappa shape index (κ1) is 11.7. The van der Waals surface area contributed by atoms with Gasteiger partial charge in [0.1, 0.15) is 11.6 Å². The maximum atomic E-state index is 11.0. The van der Waals surface area contributed by atoms with Gasteiger partial charge in [0, 0.05) is 5.75 Å². The number of thioether (sulfide) groups is 1. The second-order valence-corrected chi connectivity index (χ2v) is 4.77. The van der Waals surface area contributed by atoms with E-state index in [1.165, 1.54) is 13.8 Å². The van der Waals surface area contributed by atoms with Gasteiger partial charge in [-0.3, -0.25) is 9.59 Å². The molecule has 0 saturated heterocycles. The Morgan fingerprint density at radius 1 is 1.17 bits per heavy atom. The summed E-state index contributed by atoms with van der Waals surface area (Å²) in [5.41, 5.74) is 0. The molecule has 0 spiro atoms. The van der Waals surface area contributed by atoms with Crippen LogP contribution in [0.25, 0.3) is 0 Å². The molecular formula is C9H16O2S. The molecule has 0 atom stereocenters. The molecule has 0 radical (unpaired) electrons. The average Bonchev–Trinajstić information content (AvgIpc) is 1.84. The molecule has 0 aliphatic carbocycles. The molecule has 0 aromatic heterocycles. The second kappa shape index (κ2) is 5.36. The van der Waals surface area contributed by atoms with Crippen molar-refractivity contribution in [3.8, 4) is 0 Å². The third kappa shape index (κ3) is 4.54. The van der Waals surface area contributed by atoms with Crippen molar-refractivity contribution in [3.63, 3.8) is 0 Å². The normalized spacial score (nSPS) is 10.8. The van der Waals surface area contributed by atoms with Crippen molar-refractivity contribution >= 4 is 23.3 Å². The zero-order valence-corrected chi connectivity index (χ0v) is 8.90. The molecule has 0 aliphatic rings. The van der Waals surface area contributed by atoms with Gasteiger partial charge in [-0.1, -0.05) is 13.8 Å². The first-order chi connectivity index (χ1) is 5.45. The van der Waals surface area contributed by atoms with Gasteiger partial charge in [0.05, 0.1) is 5.92 Å². The summed E-state index contributed by atoms with van der Waals surface area (Å²) in [5, 5.41) is 0.478. The van der Waals surface area contributed by atoms with E-state index in [0.29, 0.717) is 11.0 Å². The topological polar surface area (TPSA) is 34.1 Å². The molecule has 12 heavy (non-hydrogen) atoms. The SMILES string of the molecule is CC(=O)C(CSC(C)C)C(C)=O. The van der Waals surface area contributed by atoms with Crippen LogP contribution in [0.2, 0.25) is 0 Å². The first-order valence-electron chi connectivity index (χ1n) is 4.07. The minimum absolute atomic E-state index is 0.0179. The van der Waals surface area contributed by atoms with Crippen molar-refractivity contribution in [2.75, 3.05) is 5.75 Å². The number of rotatable bonds is 5. The van der Waals surface area contributed by atoms with Crippen molar-refractivity contribution < 1.29 is 9.59 Å². The minimum atomic E-state index is -0.391. The summed E-state index contributed by atoms with van der Waals surface area (Å²) in [7, 11) is 0. The van der Waals surface area contributed by atoms with Crippen LogP contribution >= 0.6 is 11.8 Å². The Morgan fingerprint density at radius 2 is 1.58 bits per heavy atom. The fourth-order valence-electron chi connectivity index (χ4n) is 0.810. The van der Waals surface area contributed by atoms with Crippen LogP contribution in [0, 0.1) is 5.92 Å². The lowest BCUT2D eigenvalue weighted by molar-refractivity contribution is -0.129. The van der Waals surface area contributed by atoms with Crippen LogP contribution in [0.4, 0.5) is 0 Å². The summed E-state index contributed by atoms with van der Waals surface area (Å²) in [6, 6.07) is 0. The molecule has 0 N–H and O–H groups in total. The Morgan fingerprint density at radius 3 is 1.83 bits per heavy atom. The molecule has 0 fully saturated rings. The van der Waals surface area contributed by atoms with Gasteiger partial charge in [-0.2, -0.15) is 11.8 Å². The predicted octanol–water partition coefficient (Wildman–Crippen LogP) is 1.92. The van der Waals surface area contributed by atoms with Crippen LogP contribution in [0.5, 0.6) is 0 Å². The first-order valence-corrected chi connectivity index (χ1v) is 5.12. The molecule has 0 bridgehead atoms. The lowest BCUT2D eigenvalue weighted by atomic mass is 10.0. The number of hydrogen-bond donors (Lipinski definition) is 0. The van der Waals surface area contributed by atoms with E-state index in [1.54, 1.807) is 11.8 Å². The van der Waals surface area contributed by atoms with E-state index >= 15 is 0 Å². The van der Waals surface area contributed by atoms with Crippen LogP contribution in [0.1, 0.15) is 27.7 Å². The van der Waals surface area contributed by atoms with E-state index in [4.69, 9.17) is 0 Å². The summed E-state index contributed by atoms with van der Waals surface area (Å²) in [5.74, 6) is 0.200. The Hall–Kier alpha value is -0.310. The number of hydrogen-bond acceptors (Lipinski definition) is 3. The lowest BCUT2D eigenvalue weighted by Gasteiger charge is -2.10. The van der Waals surface area contributed by atoms with E-state index in [9.17, 15) is 9.59 Å². The smallest absolute Gasteiger partial charge is 0.141 e. The Balaban J connectivity index is 3.97. The van der Waals surface area contributed by atoms with E-state index < -0.39 is 5.92 Å². The lowest BCUT2D eigenvalue weighted by Crippen LogP contribution is -2.22. The zero-order valence-electron chi connectivity index (χ0n) is 8.09. The van der Waals surface area contributed by atoms with Gasteiger partial charge in [0.2, 0.25) is 0 Å². The number of Topliss-reactive ketones (excluding diaryl/α,β-unsaturated/α-hetero) is 2. The third-order valence-electron chi connectivity index (χ3n) is 1.58. The highest BCUT2D eigenvalue weighted by atomic mass is 32.2. The van der Waals surface area contributed by atoms with Crippen molar-refractivity contribution in [2.45, 2.75) is 32.9 Å². The maximum absolute atomic E-state index is 11.0. The molecule has 0 heterocycles. The maximum Gasteiger partial charge on any atom is 0.141 e. The summed E-state index contributed by atoms with van der Waals surface area (Å²) in [6.45, 7) is 7.07. The van der Waals surface area contributed by atoms with Crippen LogP contribution in [0.3, 0.4) is 0 Å². The van der Waals surface area contributed by atoms with E-state index in [-0.39, 0.29) is 11.6 Å². The quantitative estimate of drug-likeness (QED) is 0.618. The van der Waals surface area contributed by atoms with Gasteiger partial charge in [-0.15, -0.1) is 0 Å². The third-order valence-corrected chi connectivity index (χ3v) is 2.77. The van der Waals surface area contributed by atoms with Crippen molar-refractivity contribution in [1.29, 1.82) is 0 Å². The Labute approximate surface area is 78.1 Å². The van der Waals surface area contributed by atoms with E-state index in [1.807, 2.05) is 0 Å². The standard InChI is InChI=1S/C9H16O2S/c1-6(2)12-5-9(7(3)10)8(4)11/h6,9H,5H2,1-4H3. The van der Waals surface area contributed by atoms with Gasteiger partial charge in [-0.05, 0) is 19.1 Å². The summed E-state index contributed by atoms with van der Waals surface area (Å²) < 4.78 is 0. The van der Waals surface area contributed by atoms with Crippen LogP contribution in [-0.2, 0) is 9.59 Å². The highest BCUT2D eigenvalue weighted by Gasteiger charge is 2.19. The van der Waals surface area contributed by atoms with Gasteiger partial charge in [0.15, 0.2) is 0 Å². The zero-order chi connectivity index (χ0) is 9.72. The number of carbonyl (C=O) groups excluding carboxylic acids is 2. The Bertz CT molecular complexity index is 161. The van der Waals surface area contributed by atoms with E-state index in [0.717, 1.165) is 0 Å². The molecular weight excluding hydrogens is 172 g/mol. The molecule has 0 aromatic rings. The fraction of sp³-hybridized carbons (Fsp3) is 0.778. The molecule has 0 saturated carbocycles. The largest absolute Gasteiger partial charge is 0.299 e. The molecule has 2 nitrogen and oxygen atoms in total. The molecule has 0 aliphatic heterocycles. The molecule has 0 rings (SSSR count). The highest BCUT2D eigenvalue weighted by Crippen LogP contribution is 2.15. The summed E-state index contributed by atoms with van der Waals surface area (Å²) in [6.07, 6.45) is 0. The van der Waals surface area contributed by atoms with E-state index in [2.05, 4.69) is 13.8 Å². The highest BCUT2D eigenvalue weighted by molar-refractivity contribution is 7.99. The fourth-order valence-corrected chi connectivity index (χ4v) is 1.86. The minimum Gasteiger partial charge on any atom is -0.299 e. The monoisotopic (exact) mass is 188 g/mol. The molecule has 0 unspecified atom stereocenters. The predicted molar refractivity (Wildman–Crippen MR) is 52.4 cm³/mol. The van der Waals surface area contributed by atoms with Crippen molar-refractivity contribution in [3.05, 3.63) is 0 Å². The summed E-state index contributed by atoms with van der Waals surface area (Å²) >= 11 is 1.65. The van der Waals surface area contributed by atoms with Gasteiger partial charge in [0.25, 0.3) is 0 Å². The van der Waals surface area contributed by atoms with Crippen LogP contribution < -0.4 is 0 Å². The number of ketones is 2. The van der Waals surface area contributed by atoms with Gasteiger partial charge >= 0.3 is 0 Å². The molecule has 70 valence electrons. The number of carbonyl (C=O) groups is 2. The summed E-state index contributed by atoms with van der Waals surface area (Å²) in [4.78, 5) is 21.9. The van der Waals surface area contributed by atoms with Crippen LogP contribution in [-0.4, -0.2) is 22.6 Å². The molecule has 0 amide bonds. The average molecular weight is 188 g/mol. The Kier molecular flexibility index (Phi) is 5.22. The molecule has 3 heteroatoms. The van der Waals surface area contributed by atoms with Crippen molar-refractivity contribution in [2.24, 2.45) is 5.92 Å². The second-order valence-electron chi connectivity index (χ2n) is 3.16.